The topological polar surface area (TPSA) is 103 Å². The number of amides is 1. The summed E-state index contributed by atoms with van der Waals surface area (Å²) in [5, 5.41) is 11.6. The molecule has 1 atom stereocenters. The number of aliphatic hydroxyl groups is 1. The highest BCUT2D eigenvalue weighted by atomic mass is 32.2. The van der Waals surface area contributed by atoms with E-state index >= 15 is 0 Å². The molecule has 170 valence electrons. The predicted molar refractivity (Wildman–Crippen MR) is 128 cm³/mol. The summed E-state index contributed by atoms with van der Waals surface area (Å²) in [6.45, 7) is 4.43. The molecule has 7 nitrogen and oxygen atoms in total. The van der Waals surface area contributed by atoms with E-state index in [1.54, 1.807) is 29.3 Å². The number of hydrogen-bond acceptors (Lipinski definition) is 5. The zero-order chi connectivity index (χ0) is 23.3. The molecule has 3 heterocycles. The summed E-state index contributed by atoms with van der Waals surface area (Å²) >= 11 is 0. The van der Waals surface area contributed by atoms with Gasteiger partial charge < -0.3 is 15.0 Å². The van der Waals surface area contributed by atoms with Crippen molar-refractivity contribution in [2.75, 3.05) is 13.2 Å². The van der Waals surface area contributed by atoms with Crippen molar-refractivity contribution in [1.82, 2.24) is 14.9 Å². The van der Waals surface area contributed by atoms with Gasteiger partial charge in [0, 0.05) is 29.1 Å². The largest absolute Gasteiger partial charge is 0.394 e. The molecule has 0 radical (unpaired) electrons. The van der Waals surface area contributed by atoms with Crippen molar-refractivity contribution in [3.63, 3.8) is 0 Å². The van der Waals surface area contributed by atoms with Crippen molar-refractivity contribution in [3.05, 3.63) is 59.3 Å². The Hall–Kier alpha value is -3.23. The third kappa shape index (κ3) is 3.59. The van der Waals surface area contributed by atoms with Crippen molar-refractivity contribution in [2.45, 2.75) is 37.6 Å². The monoisotopic (exact) mass is 463 g/mol. The van der Waals surface area contributed by atoms with E-state index in [9.17, 15) is 18.3 Å². The molecule has 1 aliphatic rings. The van der Waals surface area contributed by atoms with Gasteiger partial charge in [-0.25, -0.2) is 13.4 Å². The third-order valence-electron chi connectivity index (χ3n) is 6.57. The van der Waals surface area contributed by atoms with Crippen LogP contribution in [0.25, 0.3) is 33.1 Å². The number of nitrogens with one attached hydrogen (secondary N) is 1. The lowest BCUT2D eigenvalue weighted by molar-refractivity contribution is 0.0677. The zero-order valence-electron chi connectivity index (χ0n) is 18.5. The van der Waals surface area contributed by atoms with Gasteiger partial charge in [0.15, 0.2) is 10.7 Å². The van der Waals surface area contributed by atoms with E-state index in [2.05, 4.69) is 9.97 Å². The number of fused-ring (bicyclic) bond motifs is 3. The van der Waals surface area contributed by atoms with Gasteiger partial charge in [0.2, 0.25) is 0 Å². The molecule has 0 bridgehead atoms. The molecule has 2 N–H and O–H groups in total. The molecule has 4 aromatic rings. The summed E-state index contributed by atoms with van der Waals surface area (Å²) in [5.74, 6) is -0.124. The zero-order valence-corrected chi connectivity index (χ0v) is 19.4. The Kier molecular flexibility index (Phi) is 5.42. The van der Waals surface area contributed by atoms with Gasteiger partial charge in [-0.05, 0) is 73.2 Å². The number of rotatable bonds is 4. The van der Waals surface area contributed by atoms with Gasteiger partial charge in [-0.2, -0.15) is 0 Å². The molecular formula is C25H25N3O4S. The second kappa shape index (κ2) is 8.28. The quantitative estimate of drug-likeness (QED) is 0.402. The third-order valence-corrected chi connectivity index (χ3v) is 7.27. The Morgan fingerprint density at radius 1 is 1.24 bits per heavy atom. The second-order valence-corrected chi connectivity index (χ2v) is 9.70. The van der Waals surface area contributed by atoms with Gasteiger partial charge in [-0.3, -0.25) is 4.79 Å². The number of nitrogens with zero attached hydrogens (tertiary/aromatic N) is 2. The fraction of sp³-hybridized carbons (Fsp3) is 0.280. The Morgan fingerprint density at radius 3 is 2.82 bits per heavy atom. The Labute approximate surface area is 193 Å². The molecule has 5 rings (SSSR count). The van der Waals surface area contributed by atoms with Crippen LogP contribution in [0.1, 0.15) is 34.3 Å². The van der Waals surface area contributed by atoms with Crippen molar-refractivity contribution in [1.29, 1.82) is 0 Å². The number of thiol groups is 1. The summed E-state index contributed by atoms with van der Waals surface area (Å²) in [7, 11) is -2.74. The molecule has 33 heavy (non-hydrogen) atoms. The van der Waals surface area contributed by atoms with E-state index in [1.807, 2.05) is 32.0 Å². The maximum Gasteiger partial charge on any atom is 0.254 e. The van der Waals surface area contributed by atoms with E-state index in [0.29, 0.717) is 23.3 Å². The highest BCUT2D eigenvalue weighted by Crippen LogP contribution is 2.39. The van der Waals surface area contributed by atoms with Crippen LogP contribution in [0.3, 0.4) is 0 Å². The minimum Gasteiger partial charge on any atom is -0.394 e. The van der Waals surface area contributed by atoms with E-state index in [0.717, 1.165) is 45.8 Å². The molecule has 8 heteroatoms. The summed E-state index contributed by atoms with van der Waals surface area (Å²) < 4.78 is 23.3. The molecule has 1 fully saturated rings. The number of pyridine rings is 1. The molecule has 0 spiro atoms. The van der Waals surface area contributed by atoms with E-state index in [1.165, 1.54) is 0 Å². The van der Waals surface area contributed by atoms with Gasteiger partial charge in [0.25, 0.3) is 5.91 Å². The number of aliphatic hydroxyl groups excluding tert-OH is 1. The van der Waals surface area contributed by atoms with Crippen LogP contribution in [-0.2, 0) is 10.7 Å². The van der Waals surface area contributed by atoms with Crippen molar-refractivity contribution in [3.8, 4) is 11.1 Å². The first-order chi connectivity index (χ1) is 15.9. The first-order valence-electron chi connectivity index (χ1n) is 11.0. The number of aromatic amines is 1. The minimum absolute atomic E-state index is 0.0614. The number of hydrogen-bond donors (Lipinski definition) is 3. The number of likely N-dealkylation sites (tertiary alicyclic amines) is 1. The highest BCUT2D eigenvalue weighted by Gasteiger charge is 2.31. The highest BCUT2D eigenvalue weighted by molar-refractivity contribution is 7.72. The summed E-state index contributed by atoms with van der Waals surface area (Å²) in [6.07, 6.45) is 3.43. The van der Waals surface area contributed by atoms with E-state index in [4.69, 9.17) is 0 Å². The smallest absolute Gasteiger partial charge is 0.254 e. The van der Waals surface area contributed by atoms with Crippen LogP contribution in [-0.4, -0.2) is 53.5 Å². The van der Waals surface area contributed by atoms with Gasteiger partial charge in [-0.1, -0.05) is 12.1 Å². The first-order valence-corrected chi connectivity index (χ1v) is 12.1. The SMILES string of the molecule is Cc1cnc2[nH]c3c(C)c(C(=O)N4CCCC4CO)cc(-c4cccc([SH](=O)=O)c4)c3c2c1. The summed E-state index contributed by atoms with van der Waals surface area (Å²) in [6, 6.07) is 10.5. The lowest BCUT2D eigenvalue weighted by Gasteiger charge is -2.24. The predicted octanol–water partition coefficient (Wildman–Crippen LogP) is 3.57. The summed E-state index contributed by atoms with van der Waals surface area (Å²) in [4.78, 5) is 23.5. The van der Waals surface area contributed by atoms with Gasteiger partial charge in [0.1, 0.15) is 5.65 Å². The van der Waals surface area contributed by atoms with E-state index < -0.39 is 10.7 Å². The average molecular weight is 464 g/mol. The molecule has 2 aromatic carbocycles. The lowest BCUT2D eigenvalue weighted by Crippen LogP contribution is -2.38. The number of aryl methyl sites for hydroxylation is 2. The van der Waals surface area contributed by atoms with Gasteiger partial charge in [-0.15, -0.1) is 0 Å². The van der Waals surface area contributed by atoms with Crippen molar-refractivity contribution >= 4 is 38.5 Å². The molecule has 0 aliphatic carbocycles. The number of carbonyl (C=O) groups is 1. The minimum atomic E-state index is -2.74. The van der Waals surface area contributed by atoms with Crippen LogP contribution in [0.15, 0.2) is 47.5 Å². The maximum absolute atomic E-state index is 13.6. The van der Waals surface area contributed by atoms with Crippen LogP contribution < -0.4 is 0 Å². The molecular weight excluding hydrogens is 438 g/mol. The average Bonchev–Trinajstić information content (AvgIpc) is 3.44. The van der Waals surface area contributed by atoms with Crippen LogP contribution in [0.4, 0.5) is 0 Å². The van der Waals surface area contributed by atoms with Crippen LogP contribution in [0.2, 0.25) is 0 Å². The Bertz CT molecular complexity index is 1480. The normalized spacial score (nSPS) is 16.4. The summed E-state index contributed by atoms with van der Waals surface area (Å²) in [5.41, 5.74) is 5.36. The molecule has 2 aromatic heterocycles. The number of benzene rings is 2. The molecule has 1 unspecified atom stereocenters. The second-order valence-electron chi connectivity index (χ2n) is 8.67. The fourth-order valence-electron chi connectivity index (χ4n) is 4.88. The lowest BCUT2D eigenvalue weighted by atomic mass is 9.93. The number of carbonyl (C=O) groups excluding carboxylic acids is 1. The first kappa shape index (κ1) is 21.6. The molecule has 1 saturated heterocycles. The van der Waals surface area contributed by atoms with E-state index in [-0.39, 0.29) is 23.5 Å². The van der Waals surface area contributed by atoms with Crippen LogP contribution in [0, 0.1) is 13.8 Å². The van der Waals surface area contributed by atoms with Gasteiger partial charge >= 0.3 is 0 Å². The Balaban J connectivity index is 1.82. The Morgan fingerprint density at radius 2 is 2.06 bits per heavy atom. The number of aromatic nitrogens is 2. The van der Waals surface area contributed by atoms with Crippen molar-refractivity contribution in [2.24, 2.45) is 0 Å². The van der Waals surface area contributed by atoms with Crippen LogP contribution in [0.5, 0.6) is 0 Å². The van der Waals surface area contributed by atoms with Crippen molar-refractivity contribution < 1.29 is 18.3 Å². The van der Waals surface area contributed by atoms with Gasteiger partial charge in [0.05, 0.1) is 23.1 Å². The fourth-order valence-corrected chi connectivity index (χ4v) is 5.33. The molecule has 1 aliphatic heterocycles. The maximum atomic E-state index is 13.6. The standard InChI is InChI=1S/C25H25N3O4S/c1-14-9-21-22-20(16-5-3-7-18(10-16)33(31)32)11-19(15(2)23(22)27-24(21)26-12-14)25(30)28-8-4-6-17(28)13-29/h3,5,7,9-12,17,29,33H,4,6,8,13H2,1-2H3,(H,26,27). The van der Waals surface area contributed by atoms with Crippen LogP contribution >= 0.6 is 0 Å². The number of H-pyrrole nitrogens is 1. The molecule has 0 saturated carbocycles. The molecule has 1 amide bonds.